The molecule has 1 aromatic heterocycles. The molecule has 1 unspecified atom stereocenters. The van der Waals surface area contributed by atoms with Crippen LogP contribution in [0, 0.1) is 13.8 Å². The molecule has 2 aliphatic rings. The smallest absolute Gasteiger partial charge is 0.231 e. The lowest BCUT2D eigenvalue weighted by Gasteiger charge is -2.12. The second-order valence-electron chi connectivity index (χ2n) is 7.88. The van der Waals surface area contributed by atoms with E-state index in [4.69, 9.17) is 14.2 Å². The maximum atomic E-state index is 12.4. The molecular formula is C24H23N3O4. The summed E-state index contributed by atoms with van der Waals surface area (Å²) in [6, 6.07) is 11.7. The molecular weight excluding hydrogens is 394 g/mol. The first-order valence-electron chi connectivity index (χ1n) is 10.3. The van der Waals surface area contributed by atoms with Crippen LogP contribution < -0.4 is 19.5 Å². The van der Waals surface area contributed by atoms with Crippen LogP contribution in [0.3, 0.4) is 0 Å². The van der Waals surface area contributed by atoms with Gasteiger partial charge in [0.05, 0.1) is 30.0 Å². The molecule has 3 heterocycles. The van der Waals surface area contributed by atoms with E-state index < -0.39 is 0 Å². The van der Waals surface area contributed by atoms with Crippen molar-refractivity contribution in [2.45, 2.75) is 32.8 Å². The maximum absolute atomic E-state index is 12.4. The Labute approximate surface area is 180 Å². The average Bonchev–Trinajstić information content (AvgIpc) is 3.39. The molecule has 0 radical (unpaired) electrons. The summed E-state index contributed by atoms with van der Waals surface area (Å²) in [4.78, 5) is 21.4. The topological polar surface area (TPSA) is 82.6 Å². The van der Waals surface area contributed by atoms with Crippen molar-refractivity contribution in [2.24, 2.45) is 0 Å². The highest BCUT2D eigenvalue weighted by Gasteiger charge is 2.24. The van der Waals surface area contributed by atoms with Crippen LogP contribution in [-0.4, -0.2) is 35.3 Å². The number of nitrogens with zero attached hydrogens (tertiary/aromatic N) is 2. The quantitative estimate of drug-likeness (QED) is 0.687. The van der Waals surface area contributed by atoms with E-state index in [9.17, 15) is 4.79 Å². The molecule has 7 heteroatoms. The van der Waals surface area contributed by atoms with Gasteiger partial charge in [-0.1, -0.05) is 6.07 Å². The molecule has 5 rings (SSSR count). The van der Waals surface area contributed by atoms with Crippen molar-refractivity contribution >= 4 is 5.91 Å². The number of hydrogen-bond acceptors (Lipinski definition) is 6. The minimum absolute atomic E-state index is 0.0511. The number of ether oxygens (including phenoxy) is 3. The number of amides is 1. The molecule has 0 spiro atoms. The first-order chi connectivity index (χ1) is 15.0. The molecule has 1 N–H and O–H groups in total. The zero-order chi connectivity index (χ0) is 21.4. The zero-order valence-corrected chi connectivity index (χ0v) is 17.5. The molecule has 0 fully saturated rings. The second-order valence-corrected chi connectivity index (χ2v) is 7.88. The normalized spacial score (nSPS) is 16.0. The summed E-state index contributed by atoms with van der Waals surface area (Å²) in [5.41, 5.74) is 5.72. The SMILES string of the molecule is Cc1cnc(C)c(-c2ccc3c(c2)CC(CNC(=O)Cc2ccc4c(c2)OCO4)O3)n1. The van der Waals surface area contributed by atoms with E-state index in [-0.39, 0.29) is 25.2 Å². The highest BCUT2D eigenvalue weighted by atomic mass is 16.7. The summed E-state index contributed by atoms with van der Waals surface area (Å²) in [6.45, 7) is 4.58. The van der Waals surface area contributed by atoms with Crippen LogP contribution in [0.5, 0.6) is 17.2 Å². The molecule has 31 heavy (non-hydrogen) atoms. The fraction of sp³-hybridized carbons (Fsp3) is 0.292. The Balaban J connectivity index is 1.19. The maximum Gasteiger partial charge on any atom is 0.231 e. The van der Waals surface area contributed by atoms with E-state index in [1.807, 2.05) is 44.2 Å². The van der Waals surface area contributed by atoms with Gasteiger partial charge in [0.1, 0.15) is 11.9 Å². The number of rotatable bonds is 5. The standard InChI is InChI=1S/C24H23N3O4/c1-14-11-25-15(2)24(27-14)17-4-6-20-18(9-17)10-19(31-20)12-26-23(28)8-16-3-5-21-22(7-16)30-13-29-21/h3-7,9,11,19H,8,10,12-13H2,1-2H3,(H,26,28). The van der Waals surface area contributed by atoms with Gasteiger partial charge in [-0.25, -0.2) is 4.98 Å². The van der Waals surface area contributed by atoms with Gasteiger partial charge in [-0.15, -0.1) is 0 Å². The van der Waals surface area contributed by atoms with E-state index in [0.717, 1.165) is 45.9 Å². The molecule has 0 saturated heterocycles. The van der Waals surface area contributed by atoms with Crippen molar-refractivity contribution in [3.63, 3.8) is 0 Å². The van der Waals surface area contributed by atoms with Gasteiger partial charge in [0.15, 0.2) is 11.5 Å². The fourth-order valence-electron chi connectivity index (χ4n) is 3.92. The first-order valence-corrected chi connectivity index (χ1v) is 10.3. The van der Waals surface area contributed by atoms with Crippen molar-refractivity contribution in [3.8, 4) is 28.5 Å². The molecule has 0 bridgehead atoms. The number of fused-ring (bicyclic) bond motifs is 2. The van der Waals surface area contributed by atoms with E-state index in [0.29, 0.717) is 18.0 Å². The summed E-state index contributed by atoms with van der Waals surface area (Å²) in [6.07, 6.45) is 2.71. The second kappa shape index (κ2) is 7.91. The average molecular weight is 417 g/mol. The minimum Gasteiger partial charge on any atom is -0.488 e. The molecule has 0 aliphatic carbocycles. The third kappa shape index (κ3) is 4.03. The number of carbonyl (C=O) groups is 1. The summed E-state index contributed by atoms with van der Waals surface area (Å²) < 4.78 is 16.7. The van der Waals surface area contributed by atoms with Gasteiger partial charge >= 0.3 is 0 Å². The van der Waals surface area contributed by atoms with Crippen LogP contribution in [0.15, 0.2) is 42.6 Å². The molecule has 0 saturated carbocycles. The van der Waals surface area contributed by atoms with Gasteiger partial charge < -0.3 is 19.5 Å². The van der Waals surface area contributed by atoms with Crippen molar-refractivity contribution in [1.82, 2.24) is 15.3 Å². The Morgan fingerprint density at radius 3 is 2.84 bits per heavy atom. The van der Waals surface area contributed by atoms with Crippen LogP contribution in [0.2, 0.25) is 0 Å². The lowest BCUT2D eigenvalue weighted by atomic mass is 10.0. The van der Waals surface area contributed by atoms with Crippen molar-refractivity contribution in [2.75, 3.05) is 13.3 Å². The highest BCUT2D eigenvalue weighted by Crippen LogP contribution is 2.34. The molecule has 1 atom stereocenters. The number of aromatic nitrogens is 2. The van der Waals surface area contributed by atoms with Gasteiger partial charge in [-0.3, -0.25) is 9.78 Å². The van der Waals surface area contributed by atoms with Crippen LogP contribution in [0.4, 0.5) is 0 Å². The van der Waals surface area contributed by atoms with Gasteiger partial charge in [0, 0.05) is 18.2 Å². The van der Waals surface area contributed by atoms with Gasteiger partial charge in [-0.2, -0.15) is 0 Å². The Morgan fingerprint density at radius 1 is 1.10 bits per heavy atom. The van der Waals surface area contributed by atoms with Crippen molar-refractivity contribution in [3.05, 3.63) is 65.1 Å². The van der Waals surface area contributed by atoms with E-state index >= 15 is 0 Å². The first kappa shape index (κ1) is 19.4. The lowest BCUT2D eigenvalue weighted by Crippen LogP contribution is -2.35. The van der Waals surface area contributed by atoms with E-state index in [1.54, 1.807) is 6.20 Å². The summed E-state index contributed by atoms with van der Waals surface area (Å²) in [5.74, 6) is 2.21. The number of nitrogens with one attached hydrogen (secondary N) is 1. The van der Waals surface area contributed by atoms with E-state index in [1.165, 1.54) is 0 Å². The fourth-order valence-corrected chi connectivity index (χ4v) is 3.92. The minimum atomic E-state index is -0.0874. The van der Waals surface area contributed by atoms with Crippen LogP contribution in [-0.2, 0) is 17.6 Å². The summed E-state index contributed by atoms with van der Waals surface area (Å²) in [7, 11) is 0. The third-order valence-corrected chi connectivity index (χ3v) is 5.48. The molecule has 7 nitrogen and oxygen atoms in total. The predicted molar refractivity (Wildman–Crippen MR) is 114 cm³/mol. The number of aryl methyl sites for hydroxylation is 2. The molecule has 3 aromatic rings. The predicted octanol–water partition coefficient (Wildman–Crippen LogP) is 3.15. The summed E-state index contributed by atoms with van der Waals surface area (Å²) >= 11 is 0. The number of carbonyl (C=O) groups excluding carboxylic acids is 1. The van der Waals surface area contributed by atoms with Crippen molar-refractivity contribution in [1.29, 1.82) is 0 Å². The van der Waals surface area contributed by atoms with Crippen LogP contribution >= 0.6 is 0 Å². The van der Waals surface area contributed by atoms with Crippen LogP contribution in [0.25, 0.3) is 11.3 Å². The van der Waals surface area contributed by atoms with Crippen LogP contribution in [0.1, 0.15) is 22.5 Å². The molecule has 2 aliphatic heterocycles. The highest BCUT2D eigenvalue weighted by molar-refractivity contribution is 5.79. The molecule has 158 valence electrons. The summed E-state index contributed by atoms with van der Waals surface area (Å²) in [5, 5.41) is 2.98. The van der Waals surface area contributed by atoms with Gasteiger partial charge in [0.2, 0.25) is 12.7 Å². The Bertz CT molecular complexity index is 1160. The van der Waals surface area contributed by atoms with E-state index in [2.05, 4.69) is 21.4 Å². The van der Waals surface area contributed by atoms with Crippen molar-refractivity contribution < 1.29 is 19.0 Å². The molecule has 1 amide bonds. The Hall–Kier alpha value is -3.61. The van der Waals surface area contributed by atoms with Gasteiger partial charge in [0.25, 0.3) is 0 Å². The number of benzene rings is 2. The largest absolute Gasteiger partial charge is 0.488 e. The van der Waals surface area contributed by atoms with Gasteiger partial charge in [-0.05, 0) is 55.3 Å². The molecule has 2 aromatic carbocycles. The zero-order valence-electron chi connectivity index (χ0n) is 17.5. The number of hydrogen-bond donors (Lipinski definition) is 1. The Kier molecular flexibility index (Phi) is 4.94. The monoisotopic (exact) mass is 417 g/mol. The lowest BCUT2D eigenvalue weighted by molar-refractivity contribution is -0.120. The Morgan fingerprint density at radius 2 is 1.94 bits per heavy atom. The third-order valence-electron chi connectivity index (χ3n) is 5.48.